The smallest absolute Gasteiger partial charge is 0.0647 e. The average Bonchev–Trinajstić information content (AvgIpc) is 2.95. The van der Waals surface area contributed by atoms with Crippen LogP contribution in [0.5, 0.6) is 0 Å². The van der Waals surface area contributed by atoms with Crippen molar-refractivity contribution in [3.8, 4) is 0 Å². The van der Waals surface area contributed by atoms with E-state index < -0.39 is 0 Å². The van der Waals surface area contributed by atoms with Crippen molar-refractivity contribution in [3.05, 3.63) is 35.0 Å². The minimum Gasteiger partial charge on any atom is -0.356 e. The van der Waals surface area contributed by atoms with Crippen molar-refractivity contribution in [1.29, 1.82) is 0 Å². The zero-order valence-electron chi connectivity index (χ0n) is 8.39. The lowest BCUT2D eigenvalue weighted by atomic mass is 10.2. The Labute approximate surface area is 93.6 Å². The van der Waals surface area contributed by atoms with Gasteiger partial charge in [0.25, 0.3) is 0 Å². The lowest BCUT2D eigenvalue weighted by molar-refractivity contribution is 0.678. The predicted octanol–water partition coefficient (Wildman–Crippen LogP) is 3.07. The van der Waals surface area contributed by atoms with Crippen molar-refractivity contribution in [2.75, 3.05) is 0 Å². The van der Waals surface area contributed by atoms with E-state index in [9.17, 15) is 0 Å². The van der Waals surface area contributed by atoms with E-state index in [1.807, 2.05) is 12.1 Å². The van der Waals surface area contributed by atoms with Gasteiger partial charge in [-0.05, 0) is 25.0 Å². The molecule has 0 atom stereocenters. The summed E-state index contributed by atoms with van der Waals surface area (Å²) in [6.45, 7) is 0.912. The Morgan fingerprint density at radius 2 is 2.27 bits per heavy atom. The molecule has 1 fully saturated rings. The van der Waals surface area contributed by atoms with E-state index in [-0.39, 0.29) is 0 Å². The maximum Gasteiger partial charge on any atom is 0.0647 e. The van der Waals surface area contributed by atoms with Crippen LogP contribution in [0.15, 0.2) is 24.3 Å². The molecule has 1 aromatic heterocycles. The molecule has 78 valence electrons. The Kier molecular flexibility index (Phi) is 2.19. The van der Waals surface area contributed by atoms with Gasteiger partial charge in [0.15, 0.2) is 0 Å². The zero-order valence-corrected chi connectivity index (χ0v) is 9.14. The molecule has 0 aliphatic heterocycles. The van der Waals surface area contributed by atoms with Crippen LogP contribution in [-0.2, 0) is 6.54 Å². The summed E-state index contributed by atoms with van der Waals surface area (Å²) in [6, 6.07) is 8.89. The number of benzene rings is 1. The highest BCUT2D eigenvalue weighted by Crippen LogP contribution is 2.24. The van der Waals surface area contributed by atoms with Gasteiger partial charge in [-0.2, -0.15) is 0 Å². The molecule has 1 heterocycles. The molecule has 0 spiro atoms. The first kappa shape index (κ1) is 9.25. The van der Waals surface area contributed by atoms with Gasteiger partial charge in [-0.3, -0.25) is 0 Å². The summed E-state index contributed by atoms with van der Waals surface area (Å²) in [6.07, 6.45) is 2.64. The van der Waals surface area contributed by atoms with Crippen LogP contribution in [0.1, 0.15) is 18.5 Å². The van der Waals surface area contributed by atoms with Crippen molar-refractivity contribution in [2.24, 2.45) is 0 Å². The Morgan fingerprint density at radius 3 is 3.00 bits per heavy atom. The molecule has 1 saturated carbocycles. The third-order valence-corrected chi connectivity index (χ3v) is 3.13. The van der Waals surface area contributed by atoms with Crippen LogP contribution in [0, 0.1) is 0 Å². The van der Waals surface area contributed by atoms with Crippen LogP contribution in [0.2, 0.25) is 5.02 Å². The van der Waals surface area contributed by atoms with E-state index in [0.717, 1.165) is 23.1 Å². The summed E-state index contributed by atoms with van der Waals surface area (Å²) in [7, 11) is 0. The van der Waals surface area contributed by atoms with Crippen LogP contribution < -0.4 is 5.32 Å². The SMILES string of the molecule is Clc1cccc2cc(CNC3CC3)[nH]c12. The lowest BCUT2D eigenvalue weighted by Gasteiger charge is -1.98. The summed E-state index contributed by atoms with van der Waals surface area (Å²) in [5.74, 6) is 0. The number of para-hydroxylation sites is 1. The molecule has 0 amide bonds. The number of rotatable bonds is 3. The third-order valence-electron chi connectivity index (χ3n) is 2.82. The van der Waals surface area contributed by atoms with Gasteiger partial charge in [0, 0.05) is 23.7 Å². The largest absolute Gasteiger partial charge is 0.356 e. The van der Waals surface area contributed by atoms with Gasteiger partial charge in [0.1, 0.15) is 0 Å². The standard InChI is InChI=1S/C12H13ClN2/c13-11-3-1-2-8-6-10(15-12(8)11)7-14-9-4-5-9/h1-3,6,9,14-15H,4-5,7H2. The van der Waals surface area contributed by atoms with E-state index in [1.165, 1.54) is 23.9 Å². The van der Waals surface area contributed by atoms with Gasteiger partial charge in [-0.1, -0.05) is 23.7 Å². The molecule has 3 heteroatoms. The second-order valence-electron chi connectivity index (χ2n) is 4.15. The Balaban J connectivity index is 1.88. The summed E-state index contributed by atoms with van der Waals surface area (Å²) in [5, 5.41) is 5.47. The van der Waals surface area contributed by atoms with Crippen molar-refractivity contribution >= 4 is 22.5 Å². The van der Waals surface area contributed by atoms with Crippen LogP contribution >= 0.6 is 11.6 Å². The average molecular weight is 221 g/mol. The van der Waals surface area contributed by atoms with Crippen LogP contribution in [0.25, 0.3) is 10.9 Å². The summed E-state index contributed by atoms with van der Waals surface area (Å²) >= 11 is 6.09. The van der Waals surface area contributed by atoms with E-state index in [2.05, 4.69) is 22.4 Å². The molecule has 0 saturated heterocycles. The molecule has 1 aliphatic rings. The Hall–Kier alpha value is -0.990. The fourth-order valence-corrected chi connectivity index (χ4v) is 2.04. The minimum atomic E-state index is 0.742. The summed E-state index contributed by atoms with van der Waals surface area (Å²) < 4.78 is 0. The number of H-pyrrole nitrogens is 1. The van der Waals surface area contributed by atoms with Crippen molar-refractivity contribution < 1.29 is 0 Å². The number of fused-ring (bicyclic) bond motifs is 1. The number of hydrogen-bond donors (Lipinski definition) is 2. The molecule has 1 aromatic carbocycles. The van der Waals surface area contributed by atoms with Crippen LogP contribution in [0.3, 0.4) is 0 Å². The quantitative estimate of drug-likeness (QED) is 0.818. The second-order valence-corrected chi connectivity index (χ2v) is 4.56. The molecule has 2 aromatic rings. The third kappa shape index (κ3) is 1.87. The molecular weight excluding hydrogens is 208 g/mol. The molecule has 0 radical (unpaired) electrons. The number of aromatic amines is 1. The molecule has 3 rings (SSSR count). The molecule has 2 N–H and O–H groups in total. The number of aromatic nitrogens is 1. The van der Waals surface area contributed by atoms with Crippen LogP contribution in [0.4, 0.5) is 0 Å². The second kappa shape index (κ2) is 3.54. The lowest BCUT2D eigenvalue weighted by Crippen LogP contribution is -2.15. The maximum absolute atomic E-state index is 6.09. The maximum atomic E-state index is 6.09. The zero-order chi connectivity index (χ0) is 10.3. The number of halogens is 1. The summed E-state index contributed by atoms with van der Waals surface area (Å²) in [5.41, 5.74) is 2.26. The van der Waals surface area contributed by atoms with Gasteiger partial charge in [0.2, 0.25) is 0 Å². The molecule has 1 aliphatic carbocycles. The number of hydrogen-bond acceptors (Lipinski definition) is 1. The summed E-state index contributed by atoms with van der Waals surface area (Å²) in [4.78, 5) is 3.35. The normalized spacial score (nSPS) is 16.1. The molecule has 0 bridgehead atoms. The Morgan fingerprint density at radius 1 is 1.40 bits per heavy atom. The minimum absolute atomic E-state index is 0.742. The van der Waals surface area contributed by atoms with Gasteiger partial charge in [-0.15, -0.1) is 0 Å². The van der Waals surface area contributed by atoms with Gasteiger partial charge >= 0.3 is 0 Å². The van der Waals surface area contributed by atoms with E-state index >= 15 is 0 Å². The highest BCUT2D eigenvalue weighted by Gasteiger charge is 2.20. The van der Waals surface area contributed by atoms with Crippen molar-refractivity contribution in [3.63, 3.8) is 0 Å². The van der Waals surface area contributed by atoms with E-state index in [0.29, 0.717) is 0 Å². The fourth-order valence-electron chi connectivity index (χ4n) is 1.81. The van der Waals surface area contributed by atoms with Crippen LogP contribution in [-0.4, -0.2) is 11.0 Å². The fraction of sp³-hybridized carbons (Fsp3) is 0.333. The van der Waals surface area contributed by atoms with Gasteiger partial charge in [0.05, 0.1) is 10.5 Å². The molecular formula is C12H13ClN2. The van der Waals surface area contributed by atoms with E-state index in [1.54, 1.807) is 0 Å². The van der Waals surface area contributed by atoms with Crippen molar-refractivity contribution in [2.45, 2.75) is 25.4 Å². The molecule has 0 unspecified atom stereocenters. The van der Waals surface area contributed by atoms with Gasteiger partial charge < -0.3 is 10.3 Å². The monoisotopic (exact) mass is 220 g/mol. The van der Waals surface area contributed by atoms with E-state index in [4.69, 9.17) is 11.6 Å². The first-order valence-electron chi connectivity index (χ1n) is 5.32. The Bertz CT molecular complexity index is 485. The topological polar surface area (TPSA) is 27.8 Å². The molecule has 2 nitrogen and oxygen atoms in total. The first-order chi connectivity index (χ1) is 7.33. The predicted molar refractivity (Wildman–Crippen MR) is 63.2 cm³/mol. The van der Waals surface area contributed by atoms with Crippen molar-refractivity contribution in [1.82, 2.24) is 10.3 Å². The first-order valence-corrected chi connectivity index (χ1v) is 5.70. The van der Waals surface area contributed by atoms with Gasteiger partial charge in [-0.25, -0.2) is 0 Å². The molecule has 15 heavy (non-hydrogen) atoms. The highest BCUT2D eigenvalue weighted by atomic mass is 35.5. The number of nitrogens with one attached hydrogen (secondary N) is 2. The highest BCUT2D eigenvalue weighted by molar-refractivity contribution is 6.35.